The largest absolute Gasteiger partial charge is 0.508 e. The monoisotopic (exact) mass is 386 g/mol. The molecular weight excluding hydrogens is 372 g/mol. The highest BCUT2D eigenvalue weighted by Crippen LogP contribution is 2.44. The lowest BCUT2D eigenvalue weighted by Gasteiger charge is -2.12. The first kappa shape index (κ1) is 18.7. The van der Waals surface area contributed by atoms with Gasteiger partial charge in [-0.25, -0.2) is 4.79 Å². The predicted molar refractivity (Wildman–Crippen MR) is 94.8 cm³/mol. The van der Waals surface area contributed by atoms with E-state index in [-0.39, 0.29) is 51.9 Å². The molecule has 144 valence electrons. The summed E-state index contributed by atoms with van der Waals surface area (Å²) < 4.78 is 10.5. The molecule has 0 atom stereocenters. The number of ether oxygens (including phenoxy) is 1. The average Bonchev–Trinajstić information content (AvgIpc) is 3.05. The minimum Gasteiger partial charge on any atom is -0.508 e. The second-order valence-electron chi connectivity index (χ2n) is 5.69. The second-order valence-corrected chi connectivity index (χ2v) is 5.69. The van der Waals surface area contributed by atoms with E-state index in [0.29, 0.717) is 0 Å². The van der Waals surface area contributed by atoms with Crippen LogP contribution in [-0.4, -0.2) is 31.4 Å². The number of nitro benzene ring substituents is 1. The standard InChI is InChI=1S/C18H14N2O8/c1-2-12-16(19-28-17(12)18(23)24)15-13(22)7-10(21)8-14(15)27-11-5-3-9(4-6-11)20(25)26/h3-8,21-22H,2H2,1H3,(H,23,24). The van der Waals surface area contributed by atoms with Crippen molar-refractivity contribution >= 4 is 11.7 Å². The first-order valence-corrected chi connectivity index (χ1v) is 8.02. The molecule has 1 aromatic heterocycles. The summed E-state index contributed by atoms with van der Waals surface area (Å²) in [5.74, 6) is -2.24. The van der Waals surface area contributed by atoms with Crippen LogP contribution in [0.4, 0.5) is 5.69 Å². The summed E-state index contributed by atoms with van der Waals surface area (Å²) in [6.45, 7) is 1.69. The minimum atomic E-state index is -1.31. The Bertz CT molecular complexity index is 1060. The Morgan fingerprint density at radius 1 is 1.25 bits per heavy atom. The van der Waals surface area contributed by atoms with Gasteiger partial charge in [-0.2, -0.15) is 0 Å². The third-order valence-corrected chi connectivity index (χ3v) is 3.91. The molecule has 10 heteroatoms. The highest BCUT2D eigenvalue weighted by molar-refractivity contribution is 5.90. The van der Waals surface area contributed by atoms with Gasteiger partial charge in [0.05, 0.1) is 10.5 Å². The average molecular weight is 386 g/mol. The van der Waals surface area contributed by atoms with E-state index >= 15 is 0 Å². The predicted octanol–water partition coefficient (Wildman–Crippen LogP) is 3.71. The van der Waals surface area contributed by atoms with E-state index in [1.54, 1.807) is 6.92 Å². The number of benzene rings is 2. The summed E-state index contributed by atoms with van der Waals surface area (Å²) in [5.41, 5.74) is 0.169. The van der Waals surface area contributed by atoms with Crippen LogP contribution < -0.4 is 4.74 Å². The molecule has 0 unspecified atom stereocenters. The summed E-state index contributed by atoms with van der Waals surface area (Å²) in [5, 5.41) is 43.9. The van der Waals surface area contributed by atoms with Crippen LogP contribution >= 0.6 is 0 Å². The van der Waals surface area contributed by atoms with Crippen LogP contribution in [0.2, 0.25) is 0 Å². The Kier molecular flexibility index (Phi) is 4.86. The van der Waals surface area contributed by atoms with Crippen LogP contribution in [-0.2, 0) is 6.42 Å². The number of nitro groups is 1. The quantitative estimate of drug-likeness (QED) is 0.424. The lowest BCUT2D eigenvalue weighted by molar-refractivity contribution is -0.384. The van der Waals surface area contributed by atoms with Gasteiger partial charge in [-0.3, -0.25) is 10.1 Å². The van der Waals surface area contributed by atoms with Gasteiger partial charge in [-0.1, -0.05) is 12.1 Å². The van der Waals surface area contributed by atoms with Gasteiger partial charge in [0.25, 0.3) is 5.69 Å². The van der Waals surface area contributed by atoms with Crippen molar-refractivity contribution in [3.63, 3.8) is 0 Å². The second kappa shape index (κ2) is 7.27. The van der Waals surface area contributed by atoms with E-state index in [1.807, 2.05) is 0 Å². The number of aromatic hydroxyl groups is 2. The number of hydrogen-bond donors (Lipinski definition) is 3. The number of carboxylic acids is 1. The normalized spacial score (nSPS) is 10.6. The highest BCUT2D eigenvalue weighted by atomic mass is 16.6. The number of carbonyl (C=O) groups is 1. The zero-order valence-corrected chi connectivity index (χ0v) is 14.4. The van der Waals surface area contributed by atoms with Crippen LogP contribution in [0.15, 0.2) is 40.9 Å². The summed E-state index contributed by atoms with van der Waals surface area (Å²) in [7, 11) is 0. The van der Waals surface area contributed by atoms with Crippen molar-refractivity contribution in [1.82, 2.24) is 5.16 Å². The Balaban J connectivity index is 2.11. The van der Waals surface area contributed by atoms with E-state index < -0.39 is 16.6 Å². The third kappa shape index (κ3) is 3.43. The van der Waals surface area contributed by atoms with Crippen LogP contribution in [0.5, 0.6) is 23.0 Å². The Hall–Kier alpha value is -4.08. The maximum absolute atomic E-state index is 11.3. The fourth-order valence-electron chi connectivity index (χ4n) is 2.67. The number of phenolic OH excluding ortho intramolecular Hbond substituents is 2. The van der Waals surface area contributed by atoms with Crippen molar-refractivity contribution in [2.45, 2.75) is 13.3 Å². The number of carboxylic acid groups (broad SMARTS) is 1. The molecule has 0 aliphatic heterocycles. The van der Waals surface area contributed by atoms with E-state index in [4.69, 9.17) is 9.26 Å². The molecule has 0 fully saturated rings. The Morgan fingerprint density at radius 3 is 2.50 bits per heavy atom. The topological polar surface area (TPSA) is 156 Å². The molecule has 1 heterocycles. The van der Waals surface area contributed by atoms with Crippen LogP contribution in [0, 0.1) is 10.1 Å². The molecule has 0 aliphatic rings. The van der Waals surface area contributed by atoms with Gasteiger partial charge >= 0.3 is 5.97 Å². The number of aromatic carboxylic acids is 1. The number of hydrogen-bond acceptors (Lipinski definition) is 8. The molecular formula is C18H14N2O8. The number of phenols is 2. The van der Waals surface area contributed by atoms with Crippen molar-refractivity contribution in [3.8, 4) is 34.3 Å². The molecule has 0 saturated carbocycles. The van der Waals surface area contributed by atoms with Crippen LogP contribution in [0.1, 0.15) is 23.0 Å². The summed E-state index contributed by atoms with van der Waals surface area (Å²) in [6.07, 6.45) is 0.248. The molecule has 3 rings (SSSR count). The van der Waals surface area contributed by atoms with Gasteiger partial charge in [0, 0.05) is 29.8 Å². The van der Waals surface area contributed by atoms with Crippen molar-refractivity contribution in [2.75, 3.05) is 0 Å². The molecule has 0 radical (unpaired) electrons. The van der Waals surface area contributed by atoms with Crippen LogP contribution in [0.25, 0.3) is 11.3 Å². The van der Waals surface area contributed by atoms with E-state index in [2.05, 4.69) is 5.16 Å². The molecule has 0 aliphatic carbocycles. The van der Waals surface area contributed by atoms with Gasteiger partial charge in [-0.15, -0.1) is 0 Å². The molecule has 28 heavy (non-hydrogen) atoms. The number of aromatic nitrogens is 1. The zero-order chi connectivity index (χ0) is 20.4. The fourth-order valence-corrected chi connectivity index (χ4v) is 2.67. The summed E-state index contributed by atoms with van der Waals surface area (Å²) in [6, 6.07) is 7.39. The minimum absolute atomic E-state index is 0.0178. The van der Waals surface area contributed by atoms with Crippen molar-refractivity contribution < 1.29 is 34.3 Å². The van der Waals surface area contributed by atoms with E-state index in [9.17, 15) is 30.2 Å². The van der Waals surface area contributed by atoms with Gasteiger partial charge in [0.15, 0.2) is 0 Å². The third-order valence-electron chi connectivity index (χ3n) is 3.91. The van der Waals surface area contributed by atoms with Gasteiger partial charge < -0.3 is 24.6 Å². The lowest BCUT2D eigenvalue weighted by atomic mass is 10.0. The molecule has 0 amide bonds. The molecule has 10 nitrogen and oxygen atoms in total. The molecule has 2 aromatic carbocycles. The SMILES string of the molecule is CCc1c(-c2c(O)cc(O)cc2Oc2ccc([N+](=O)[O-])cc2)noc1C(=O)O. The summed E-state index contributed by atoms with van der Waals surface area (Å²) >= 11 is 0. The fraction of sp³-hybridized carbons (Fsp3) is 0.111. The molecule has 0 bridgehead atoms. The Labute approximate surface area is 157 Å². The summed E-state index contributed by atoms with van der Waals surface area (Å²) in [4.78, 5) is 21.5. The van der Waals surface area contributed by atoms with Gasteiger partial charge in [0.1, 0.15) is 28.7 Å². The Morgan fingerprint density at radius 2 is 1.93 bits per heavy atom. The van der Waals surface area contributed by atoms with Crippen molar-refractivity contribution in [2.24, 2.45) is 0 Å². The smallest absolute Gasteiger partial charge is 0.375 e. The molecule has 3 aromatic rings. The lowest BCUT2D eigenvalue weighted by Crippen LogP contribution is -1.99. The number of non-ortho nitro benzene ring substituents is 1. The van der Waals surface area contributed by atoms with E-state index in [1.165, 1.54) is 30.3 Å². The molecule has 0 saturated heterocycles. The molecule has 3 N–H and O–H groups in total. The zero-order valence-electron chi connectivity index (χ0n) is 14.4. The number of rotatable bonds is 6. The van der Waals surface area contributed by atoms with Crippen molar-refractivity contribution in [1.29, 1.82) is 0 Å². The van der Waals surface area contributed by atoms with E-state index in [0.717, 1.165) is 6.07 Å². The molecule has 0 spiro atoms. The first-order chi connectivity index (χ1) is 13.3. The maximum atomic E-state index is 11.3. The number of nitrogens with zero attached hydrogens (tertiary/aromatic N) is 2. The highest BCUT2D eigenvalue weighted by Gasteiger charge is 2.26. The maximum Gasteiger partial charge on any atom is 0.375 e. The van der Waals surface area contributed by atoms with Crippen molar-refractivity contribution in [3.05, 3.63) is 57.8 Å². The van der Waals surface area contributed by atoms with Gasteiger partial charge in [0.2, 0.25) is 5.76 Å². The van der Waals surface area contributed by atoms with Crippen LogP contribution in [0.3, 0.4) is 0 Å². The first-order valence-electron chi connectivity index (χ1n) is 8.02. The van der Waals surface area contributed by atoms with Gasteiger partial charge in [-0.05, 0) is 18.6 Å².